The summed E-state index contributed by atoms with van der Waals surface area (Å²) in [6.07, 6.45) is 2.31. The Balaban J connectivity index is 1.57. The average molecular weight is 362 g/mol. The van der Waals surface area contributed by atoms with Gasteiger partial charge in [-0.25, -0.2) is 0 Å². The van der Waals surface area contributed by atoms with Gasteiger partial charge < -0.3 is 4.90 Å². The highest BCUT2D eigenvalue weighted by molar-refractivity contribution is 6.22. The van der Waals surface area contributed by atoms with Crippen LogP contribution in [0, 0.1) is 5.92 Å². The monoisotopic (exact) mass is 362 g/mol. The second kappa shape index (κ2) is 6.65. The largest absolute Gasteiger partial charge is 0.339 e. The predicted octanol–water partition coefficient (Wildman–Crippen LogP) is 3.35. The van der Waals surface area contributed by atoms with Crippen molar-refractivity contribution in [1.82, 2.24) is 9.80 Å². The first-order valence-corrected chi connectivity index (χ1v) is 9.28. The molecule has 5 nitrogen and oxygen atoms in total. The summed E-state index contributed by atoms with van der Waals surface area (Å²) < 4.78 is 0. The third-order valence-electron chi connectivity index (χ3n) is 5.64. The first-order chi connectivity index (χ1) is 13.0. The molecule has 1 aliphatic carbocycles. The number of hydrogen-bond acceptors (Lipinski definition) is 3. The van der Waals surface area contributed by atoms with Gasteiger partial charge in [0, 0.05) is 18.7 Å². The molecule has 3 amide bonds. The number of benzene rings is 2. The second-order valence-electron chi connectivity index (χ2n) is 7.44. The molecule has 2 aliphatic rings. The Morgan fingerprint density at radius 2 is 1.74 bits per heavy atom. The van der Waals surface area contributed by atoms with Gasteiger partial charge in [0.25, 0.3) is 17.7 Å². The van der Waals surface area contributed by atoms with Crippen LogP contribution in [-0.2, 0) is 6.54 Å². The average Bonchev–Trinajstić information content (AvgIpc) is 3.52. The summed E-state index contributed by atoms with van der Waals surface area (Å²) in [4.78, 5) is 41.2. The highest BCUT2D eigenvalue weighted by atomic mass is 16.2. The Hall–Kier alpha value is -2.95. The van der Waals surface area contributed by atoms with E-state index in [0.717, 1.165) is 18.4 Å². The number of imide groups is 1. The molecule has 0 bridgehead atoms. The van der Waals surface area contributed by atoms with E-state index in [2.05, 4.69) is 6.92 Å². The van der Waals surface area contributed by atoms with Crippen LogP contribution in [0.25, 0.3) is 0 Å². The van der Waals surface area contributed by atoms with Crippen molar-refractivity contribution >= 4 is 17.7 Å². The second-order valence-corrected chi connectivity index (χ2v) is 7.44. The molecule has 2 aromatic carbocycles. The fourth-order valence-electron chi connectivity index (χ4n) is 3.62. The summed E-state index contributed by atoms with van der Waals surface area (Å²) in [5.74, 6) is -0.194. The zero-order chi connectivity index (χ0) is 19.1. The highest BCUT2D eigenvalue weighted by Crippen LogP contribution is 2.35. The lowest BCUT2D eigenvalue weighted by Gasteiger charge is -2.25. The topological polar surface area (TPSA) is 57.7 Å². The summed E-state index contributed by atoms with van der Waals surface area (Å²) in [6, 6.07) is 14.4. The van der Waals surface area contributed by atoms with Crippen LogP contribution in [0.1, 0.15) is 56.4 Å². The fraction of sp³-hybridized carbons (Fsp3) is 0.318. The SMILES string of the molecule is CC(C1CC1)N(C)C(=O)c1ccc2c(c1)C(=O)N(Cc1ccccc1)C2=O. The van der Waals surface area contributed by atoms with Crippen molar-refractivity contribution in [1.29, 1.82) is 0 Å². The molecule has 4 rings (SSSR count). The van der Waals surface area contributed by atoms with Crippen LogP contribution in [0.2, 0.25) is 0 Å². The van der Waals surface area contributed by atoms with Crippen LogP contribution in [0.5, 0.6) is 0 Å². The van der Waals surface area contributed by atoms with Crippen molar-refractivity contribution in [3.63, 3.8) is 0 Å². The van der Waals surface area contributed by atoms with E-state index < -0.39 is 0 Å². The number of fused-ring (bicyclic) bond motifs is 1. The highest BCUT2D eigenvalue weighted by Gasteiger charge is 2.37. The molecule has 1 heterocycles. The minimum absolute atomic E-state index is 0.112. The minimum Gasteiger partial charge on any atom is -0.339 e. The van der Waals surface area contributed by atoms with Gasteiger partial charge in [-0.3, -0.25) is 19.3 Å². The van der Waals surface area contributed by atoms with E-state index in [0.29, 0.717) is 22.6 Å². The molecule has 5 heteroatoms. The van der Waals surface area contributed by atoms with Crippen molar-refractivity contribution in [2.24, 2.45) is 5.92 Å². The van der Waals surface area contributed by atoms with E-state index in [1.165, 1.54) is 4.90 Å². The molecule has 1 unspecified atom stereocenters. The quantitative estimate of drug-likeness (QED) is 0.767. The maximum atomic E-state index is 12.8. The predicted molar refractivity (Wildman–Crippen MR) is 101 cm³/mol. The molecule has 138 valence electrons. The van der Waals surface area contributed by atoms with Crippen molar-refractivity contribution in [2.45, 2.75) is 32.4 Å². The molecule has 27 heavy (non-hydrogen) atoms. The summed E-state index contributed by atoms with van der Waals surface area (Å²) in [5.41, 5.74) is 2.02. The van der Waals surface area contributed by atoms with Crippen LogP contribution in [0.4, 0.5) is 0 Å². The number of carbonyl (C=O) groups excluding carboxylic acids is 3. The smallest absolute Gasteiger partial charge is 0.261 e. The Morgan fingerprint density at radius 3 is 2.41 bits per heavy atom. The first kappa shape index (κ1) is 17.5. The van der Waals surface area contributed by atoms with Crippen LogP contribution in [0.3, 0.4) is 0 Å². The summed E-state index contributed by atoms with van der Waals surface area (Å²) >= 11 is 0. The van der Waals surface area contributed by atoms with Crippen molar-refractivity contribution in [3.8, 4) is 0 Å². The lowest BCUT2D eigenvalue weighted by atomic mass is 10.0. The zero-order valence-electron chi connectivity index (χ0n) is 15.5. The standard InChI is InChI=1S/C22H22N2O3/c1-14(16-8-9-16)23(2)20(25)17-10-11-18-19(12-17)22(27)24(21(18)26)13-15-6-4-3-5-7-15/h3-7,10-12,14,16H,8-9,13H2,1-2H3. The van der Waals surface area contributed by atoms with Gasteiger partial charge in [0.1, 0.15) is 0 Å². The van der Waals surface area contributed by atoms with Crippen LogP contribution in [0.15, 0.2) is 48.5 Å². The lowest BCUT2D eigenvalue weighted by molar-refractivity contribution is 0.0641. The van der Waals surface area contributed by atoms with Crippen molar-refractivity contribution < 1.29 is 14.4 Å². The minimum atomic E-state index is -0.341. The van der Waals surface area contributed by atoms with Gasteiger partial charge >= 0.3 is 0 Å². The Bertz CT molecular complexity index is 918. The molecule has 0 spiro atoms. The maximum absolute atomic E-state index is 12.8. The normalized spacial score (nSPS) is 17.0. The van der Waals surface area contributed by atoms with E-state index >= 15 is 0 Å². The van der Waals surface area contributed by atoms with Gasteiger partial charge in [0.15, 0.2) is 0 Å². The van der Waals surface area contributed by atoms with Crippen molar-refractivity contribution in [3.05, 3.63) is 70.8 Å². The third kappa shape index (κ3) is 3.14. The molecule has 0 aromatic heterocycles. The number of carbonyl (C=O) groups is 3. The van der Waals surface area contributed by atoms with Crippen molar-refractivity contribution in [2.75, 3.05) is 7.05 Å². The number of nitrogens with zero attached hydrogens (tertiary/aromatic N) is 2. The van der Waals surface area contributed by atoms with Gasteiger partial charge in [0.2, 0.25) is 0 Å². The van der Waals surface area contributed by atoms with E-state index in [4.69, 9.17) is 0 Å². The van der Waals surface area contributed by atoms with E-state index in [-0.39, 0.29) is 30.3 Å². The van der Waals surface area contributed by atoms with Gasteiger partial charge in [0.05, 0.1) is 17.7 Å². The van der Waals surface area contributed by atoms with Crippen LogP contribution in [-0.4, -0.2) is 40.6 Å². The summed E-state index contributed by atoms with van der Waals surface area (Å²) in [6.45, 7) is 2.29. The summed E-state index contributed by atoms with van der Waals surface area (Å²) in [5, 5.41) is 0. The molecule has 0 N–H and O–H groups in total. The Kier molecular flexibility index (Phi) is 4.30. The lowest BCUT2D eigenvalue weighted by Crippen LogP contribution is -2.36. The molecule has 0 radical (unpaired) electrons. The van der Waals surface area contributed by atoms with Gasteiger partial charge in [-0.05, 0) is 49.4 Å². The van der Waals surface area contributed by atoms with Gasteiger partial charge in [-0.1, -0.05) is 30.3 Å². The van der Waals surface area contributed by atoms with Gasteiger partial charge in [-0.15, -0.1) is 0 Å². The zero-order valence-corrected chi connectivity index (χ0v) is 15.5. The third-order valence-corrected chi connectivity index (χ3v) is 5.64. The molecule has 0 saturated heterocycles. The molecule has 1 aliphatic heterocycles. The van der Waals surface area contributed by atoms with E-state index in [1.54, 1.807) is 30.1 Å². The molecular weight excluding hydrogens is 340 g/mol. The summed E-state index contributed by atoms with van der Waals surface area (Å²) in [7, 11) is 1.80. The van der Waals surface area contributed by atoms with E-state index in [1.807, 2.05) is 30.3 Å². The first-order valence-electron chi connectivity index (χ1n) is 9.28. The fourth-order valence-corrected chi connectivity index (χ4v) is 3.62. The van der Waals surface area contributed by atoms with Crippen LogP contribution < -0.4 is 0 Å². The molecule has 1 saturated carbocycles. The molecule has 2 aromatic rings. The van der Waals surface area contributed by atoms with E-state index in [9.17, 15) is 14.4 Å². The number of amides is 3. The Labute approximate surface area is 158 Å². The molecular formula is C22H22N2O3. The number of rotatable bonds is 5. The molecule has 1 fully saturated rings. The number of hydrogen-bond donors (Lipinski definition) is 0. The van der Waals surface area contributed by atoms with Gasteiger partial charge in [-0.2, -0.15) is 0 Å². The Morgan fingerprint density at radius 1 is 1.07 bits per heavy atom. The van der Waals surface area contributed by atoms with Crippen LogP contribution >= 0.6 is 0 Å². The molecule has 1 atom stereocenters. The maximum Gasteiger partial charge on any atom is 0.261 e.